The molecule has 0 aliphatic carbocycles. The summed E-state index contributed by atoms with van der Waals surface area (Å²) in [5.74, 6) is -0.370. The van der Waals surface area contributed by atoms with E-state index in [0.29, 0.717) is 16.6 Å². The van der Waals surface area contributed by atoms with Crippen LogP contribution in [0.4, 0.5) is 15.3 Å². The standard InChI is InChI=1S/C31H36N4O7/c1-29(2,3)40-26-33-24(37)22-20-16-15-19(32-23(36)18-13-11-10-12-14-18)17-21(20)34(27(38)41-30(4,5)6)25(22)35(26)28(39)42-31(7,8)9/h10-17H,1-9H3,(H,32,36). The van der Waals surface area contributed by atoms with Crippen LogP contribution in [0.1, 0.15) is 72.7 Å². The number of aromatic nitrogens is 3. The first-order valence-corrected chi connectivity index (χ1v) is 13.5. The Labute approximate surface area is 243 Å². The van der Waals surface area contributed by atoms with Gasteiger partial charge in [-0.2, -0.15) is 9.55 Å². The monoisotopic (exact) mass is 576 g/mol. The Morgan fingerprint density at radius 1 is 0.762 bits per heavy atom. The molecule has 4 rings (SSSR count). The molecular weight excluding hydrogens is 540 g/mol. The second-order valence-corrected chi connectivity index (χ2v) is 12.8. The zero-order valence-electron chi connectivity index (χ0n) is 25.3. The minimum Gasteiger partial charge on any atom is -0.458 e. The van der Waals surface area contributed by atoms with Crippen LogP contribution in [0.15, 0.2) is 53.3 Å². The Morgan fingerprint density at radius 3 is 1.88 bits per heavy atom. The Balaban J connectivity index is 2.07. The summed E-state index contributed by atoms with van der Waals surface area (Å²) in [7, 11) is 0. The maximum Gasteiger partial charge on any atom is 0.424 e. The van der Waals surface area contributed by atoms with Crippen LogP contribution in [-0.2, 0) is 9.47 Å². The lowest BCUT2D eigenvalue weighted by Gasteiger charge is -2.25. The fourth-order valence-electron chi connectivity index (χ4n) is 4.16. The van der Waals surface area contributed by atoms with E-state index in [2.05, 4.69) is 10.3 Å². The number of nitrogens with one attached hydrogen (secondary N) is 1. The van der Waals surface area contributed by atoms with Crippen molar-refractivity contribution in [3.8, 4) is 6.01 Å². The van der Waals surface area contributed by atoms with Gasteiger partial charge in [-0.05, 0) is 92.6 Å². The second kappa shape index (κ2) is 10.6. The number of nitrogens with zero attached hydrogens (tertiary/aromatic N) is 3. The number of fused-ring (bicyclic) bond motifs is 3. The molecule has 4 aromatic rings. The van der Waals surface area contributed by atoms with Gasteiger partial charge in [-0.1, -0.05) is 18.2 Å². The van der Waals surface area contributed by atoms with Crippen LogP contribution in [0.5, 0.6) is 6.01 Å². The highest BCUT2D eigenvalue weighted by atomic mass is 16.6. The van der Waals surface area contributed by atoms with Crippen molar-refractivity contribution in [3.05, 3.63) is 64.4 Å². The van der Waals surface area contributed by atoms with Crippen molar-refractivity contribution in [3.63, 3.8) is 0 Å². The van der Waals surface area contributed by atoms with Gasteiger partial charge in [0.15, 0.2) is 5.65 Å². The van der Waals surface area contributed by atoms with Crippen LogP contribution in [-0.4, -0.2) is 49.0 Å². The third kappa shape index (κ3) is 6.62. The molecule has 42 heavy (non-hydrogen) atoms. The van der Waals surface area contributed by atoms with E-state index >= 15 is 0 Å². The smallest absolute Gasteiger partial charge is 0.424 e. The summed E-state index contributed by atoms with van der Waals surface area (Å²) in [4.78, 5) is 58.0. The fourth-order valence-corrected chi connectivity index (χ4v) is 4.16. The summed E-state index contributed by atoms with van der Waals surface area (Å²) in [5, 5.41) is 3.10. The van der Waals surface area contributed by atoms with Gasteiger partial charge in [0.25, 0.3) is 11.5 Å². The molecular formula is C31H36N4O7. The predicted molar refractivity (Wildman–Crippen MR) is 160 cm³/mol. The zero-order valence-corrected chi connectivity index (χ0v) is 25.3. The van der Waals surface area contributed by atoms with Gasteiger partial charge in [0, 0.05) is 16.6 Å². The highest BCUT2D eigenvalue weighted by molar-refractivity contribution is 6.14. The molecule has 222 valence electrons. The first-order chi connectivity index (χ1) is 19.3. The fraction of sp³-hybridized carbons (Fsp3) is 0.387. The van der Waals surface area contributed by atoms with Crippen LogP contribution in [0.25, 0.3) is 21.9 Å². The van der Waals surface area contributed by atoms with E-state index in [1.807, 2.05) is 0 Å². The number of rotatable bonds is 3. The molecule has 0 saturated carbocycles. The van der Waals surface area contributed by atoms with Crippen molar-refractivity contribution in [2.75, 3.05) is 5.32 Å². The highest BCUT2D eigenvalue weighted by Crippen LogP contribution is 2.33. The number of amides is 1. The number of benzene rings is 2. The molecule has 11 nitrogen and oxygen atoms in total. The molecule has 0 aliphatic rings. The summed E-state index contributed by atoms with van der Waals surface area (Å²) in [6.45, 7) is 15.3. The molecule has 2 aromatic heterocycles. The Kier molecular flexibility index (Phi) is 7.66. The van der Waals surface area contributed by atoms with Crippen molar-refractivity contribution in [2.24, 2.45) is 0 Å². The van der Waals surface area contributed by atoms with Crippen LogP contribution in [0.2, 0.25) is 0 Å². The molecule has 0 atom stereocenters. The minimum absolute atomic E-state index is 0.0242. The van der Waals surface area contributed by atoms with Crippen LogP contribution >= 0.6 is 0 Å². The SMILES string of the molecule is CC(C)(C)OC(=O)n1c(OC(C)(C)C)nc(=O)c2c3ccc(NC(=O)c4ccccc4)cc3n(C(=O)OC(C)(C)C)c21. The maximum atomic E-state index is 13.8. The molecule has 1 amide bonds. The average molecular weight is 577 g/mol. The molecule has 0 fully saturated rings. The maximum absolute atomic E-state index is 13.8. The Hall–Kier alpha value is -4.67. The number of carbonyl (C=O) groups excluding carboxylic acids is 3. The number of hydrogen-bond acceptors (Lipinski definition) is 8. The normalized spacial score (nSPS) is 12.3. The van der Waals surface area contributed by atoms with Gasteiger partial charge in [0.05, 0.1) is 10.9 Å². The number of ether oxygens (including phenoxy) is 3. The Morgan fingerprint density at radius 2 is 1.33 bits per heavy atom. The third-order valence-electron chi connectivity index (χ3n) is 5.60. The lowest BCUT2D eigenvalue weighted by molar-refractivity contribution is 0.0478. The minimum atomic E-state index is -0.927. The molecule has 0 spiro atoms. The molecule has 0 bridgehead atoms. The van der Waals surface area contributed by atoms with Gasteiger partial charge in [0.1, 0.15) is 16.8 Å². The second-order valence-electron chi connectivity index (χ2n) is 12.8. The third-order valence-corrected chi connectivity index (χ3v) is 5.60. The van der Waals surface area contributed by atoms with E-state index in [1.54, 1.807) is 105 Å². The topological polar surface area (TPSA) is 131 Å². The van der Waals surface area contributed by atoms with E-state index in [1.165, 1.54) is 6.07 Å². The first kappa shape index (κ1) is 30.3. The van der Waals surface area contributed by atoms with Crippen molar-refractivity contribution in [1.82, 2.24) is 14.1 Å². The van der Waals surface area contributed by atoms with Gasteiger partial charge in [0.2, 0.25) is 0 Å². The van der Waals surface area contributed by atoms with Crippen molar-refractivity contribution >= 4 is 45.7 Å². The van der Waals surface area contributed by atoms with Crippen molar-refractivity contribution in [1.29, 1.82) is 0 Å². The van der Waals surface area contributed by atoms with Gasteiger partial charge in [-0.25, -0.2) is 14.2 Å². The number of hydrogen-bond donors (Lipinski definition) is 1. The largest absolute Gasteiger partial charge is 0.458 e. The van der Waals surface area contributed by atoms with Crippen molar-refractivity contribution in [2.45, 2.75) is 79.1 Å². The summed E-state index contributed by atoms with van der Waals surface area (Å²) < 4.78 is 19.4. The van der Waals surface area contributed by atoms with E-state index < -0.39 is 34.5 Å². The van der Waals surface area contributed by atoms with E-state index in [-0.39, 0.29) is 28.5 Å². The van der Waals surface area contributed by atoms with E-state index in [9.17, 15) is 19.2 Å². The molecule has 2 aromatic carbocycles. The summed E-state index contributed by atoms with van der Waals surface area (Å²) in [5.41, 5.74) is -2.60. The molecule has 0 unspecified atom stereocenters. The molecule has 11 heteroatoms. The number of anilines is 1. The summed E-state index contributed by atoms with van der Waals surface area (Å²) >= 11 is 0. The Bertz CT molecular complexity index is 1750. The highest BCUT2D eigenvalue weighted by Gasteiger charge is 2.33. The summed E-state index contributed by atoms with van der Waals surface area (Å²) in [6, 6.07) is 13.0. The number of carbonyl (C=O) groups is 3. The predicted octanol–water partition coefficient (Wildman–Crippen LogP) is 6.35. The lowest BCUT2D eigenvalue weighted by Crippen LogP contribution is -2.34. The molecule has 0 radical (unpaired) electrons. The van der Waals surface area contributed by atoms with Crippen LogP contribution in [0.3, 0.4) is 0 Å². The van der Waals surface area contributed by atoms with Gasteiger partial charge in [-0.15, -0.1) is 0 Å². The van der Waals surface area contributed by atoms with Gasteiger partial charge >= 0.3 is 18.2 Å². The van der Waals surface area contributed by atoms with E-state index in [0.717, 1.165) is 9.13 Å². The first-order valence-electron chi connectivity index (χ1n) is 13.5. The van der Waals surface area contributed by atoms with Crippen LogP contribution < -0.4 is 15.6 Å². The van der Waals surface area contributed by atoms with Crippen LogP contribution in [0, 0.1) is 0 Å². The summed E-state index contributed by atoms with van der Waals surface area (Å²) in [6.07, 6.45) is -1.77. The quantitative estimate of drug-likeness (QED) is 0.299. The van der Waals surface area contributed by atoms with Crippen molar-refractivity contribution < 1.29 is 28.6 Å². The van der Waals surface area contributed by atoms with Gasteiger partial charge in [-0.3, -0.25) is 9.59 Å². The molecule has 0 aliphatic heterocycles. The van der Waals surface area contributed by atoms with Gasteiger partial charge < -0.3 is 19.5 Å². The van der Waals surface area contributed by atoms with E-state index in [4.69, 9.17) is 14.2 Å². The zero-order chi connectivity index (χ0) is 31.2. The molecule has 1 N–H and O–H groups in total. The molecule has 0 saturated heterocycles. The lowest BCUT2D eigenvalue weighted by atomic mass is 10.1. The average Bonchev–Trinajstić information content (AvgIpc) is 3.16. The molecule has 2 heterocycles.